The van der Waals surface area contributed by atoms with Crippen LogP contribution in [0.3, 0.4) is 0 Å². The fourth-order valence-corrected chi connectivity index (χ4v) is 1.95. The van der Waals surface area contributed by atoms with Gasteiger partial charge in [0.1, 0.15) is 0 Å². The van der Waals surface area contributed by atoms with Crippen molar-refractivity contribution in [3.05, 3.63) is 0 Å². The van der Waals surface area contributed by atoms with Crippen molar-refractivity contribution in [2.45, 2.75) is 34.1 Å². The molecule has 0 unspecified atom stereocenters. The first-order chi connectivity index (χ1) is 8.54. The first-order valence-electron chi connectivity index (χ1n) is 7.19. The highest BCUT2D eigenvalue weighted by molar-refractivity contribution is 5.85. The number of nitrogens with zero attached hydrogens (tertiary/aromatic N) is 2. The van der Waals surface area contributed by atoms with E-state index in [0.717, 1.165) is 39.3 Å². The number of carbonyl (C=O) groups excluding carboxylic acids is 1. The van der Waals surface area contributed by atoms with Crippen molar-refractivity contribution in [3.63, 3.8) is 0 Å². The summed E-state index contributed by atoms with van der Waals surface area (Å²) in [5.41, 5.74) is 0. The second-order valence-corrected chi connectivity index (χ2v) is 5.11. The third-order valence-electron chi connectivity index (χ3n) is 3.11. The van der Waals surface area contributed by atoms with Crippen molar-refractivity contribution in [1.82, 2.24) is 15.1 Å². The highest BCUT2D eigenvalue weighted by Gasteiger charge is 2.15. The van der Waals surface area contributed by atoms with E-state index < -0.39 is 0 Å². The van der Waals surface area contributed by atoms with E-state index in [4.69, 9.17) is 0 Å². The Kier molecular flexibility index (Phi) is 19.2. The maximum Gasteiger partial charge on any atom is 0.223 e. The molecule has 0 aromatic rings. The Labute approximate surface area is 137 Å². The van der Waals surface area contributed by atoms with Crippen molar-refractivity contribution in [2.75, 3.05) is 46.3 Å². The van der Waals surface area contributed by atoms with Crippen LogP contribution in [-0.2, 0) is 4.79 Å². The van der Waals surface area contributed by atoms with Crippen molar-refractivity contribution in [2.24, 2.45) is 5.92 Å². The monoisotopic (exact) mass is 329 g/mol. The molecule has 0 saturated carbocycles. The van der Waals surface area contributed by atoms with E-state index in [1.165, 1.54) is 0 Å². The maximum absolute atomic E-state index is 12.1. The molecule has 0 heterocycles. The second kappa shape index (κ2) is 15.4. The molecule has 0 spiro atoms. The number of nitrogens with one attached hydrogen (secondary N) is 1. The van der Waals surface area contributed by atoms with Crippen LogP contribution in [0.25, 0.3) is 0 Å². The fourth-order valence-electron chi connectivity index (χ4n) is 1.95. The van der Waals surface area contributed by atoms with E-state index in [2.05, 4.69) is 37.9 Å². The molecule has 20 heavy (non-hydrogen) atoms. The number of hydrogen-bond donors (Lipinski definition) is 1. The van der Waals surface area contributed by atoms with Gasteiger partial charge in [-0.25, -0.2) is 0 Å². The Morgan fingerprint density at radius 3 is 2.05 bits per heavy atom. The van der Waals surface area contributed by atoms with Gasteiger partial charge in [0.2, 0.25) is 5.91 Å². The Bertz CT molecular complexity index is 224. The Balaban J connectivity index is -0.00000144. The van der Waals surface area contributed by atoms with Crippen LogP contribution >= 0.6 is 24.8 Å². The fraction of sp³-hybridized carbons (Fsp3) is 0.929. The molecule has 0 aliphatic carbocycles. The lowest BCUT2D eigenvalue weighted by Gasteiger charge is -2.28. The minimum absolute atomic E-state index is 0. The van der Waals surface area contributed by atoms with Crippen LogP contribution in [0.15, 0.2) is 0 Å². The Morgan fingerprint density at radius 2 is 1.65 bits per heavy atom. The van der Waals surface area contributed by atoms with Gasteiger partial charge in [-0.2, -0.15) is 0 Å². The number of likely N-dealkylation sites (N-methyl/N-ethyl adjacent to an activating group) is 1. The van der Waals surface area contributed by atoms with Gasteiger partial charge in [-0.15, -0.1) is 24.8 Å². The zero-order valence-corrected chi connectivity index (χ0v) is 15.3. The number of amides is 1. The maximum atomic E-state index is 12.1. The summed E-state index contributed by atoms with van der Waals surface area (Å²) in [6.07, 6.45) is 0.599. The molecule has 0 radical (unpaired) electrons. The summed E-state index contributed by atoms with van der Waals surface area (Å²) in [7, 11) is 1.88. The molecule has 1 amide bonds. The van der Waals surface area contributed by atoms with Gasteiger partial charge in [-0.1, -0.05) is 27.7 Å². The third-order valence-corrected chi connectivity index (χ3v) is 3.11. The highest BCUT2D eigenvalue weighted by atomic mass is 35.5. The molecule has 124 valence electrons. The average Bonchev–Trinajstić information content (AvgIpc) is 2.35. The van der Waals surface area contributed by atoms with Crippen LogP contribution in [0.1, 0.15) is 34.1 Å². The van der Waals surface area contributed by atoms with Crippen molar-refractivity contribution < 1.29 is 4.79 Å². The number of halogens is 2. The summed E-state index contributed by atoms with van der Waals surface area (Å²) in [5, 5.41) is 3.04. The zero-order chi connectivity index (χ0) is 14.0. The first-order valence-corrected chi connectivity index (χ1v) is 7.19. The number of rotatable bonds is 10. The molecule has 0 atom stereocenters. The van der Waals surface area contributed by atoms with Gasteiger partial charge < -0.3 is 15.1 Å². The Hall–Kier alpha value is -0.0300. The zero-order valence-electron chi connectivity index (χ0n) is 13.6. The van der Waals surface area contributed by atoms with E-state index in [-0.39, 0.29) is 30.7 Å². The molecule has 0 aliphatic rings. The SMILES string of the molecule is CCN(CC)CCN(CC(C)C)C(=O)CCNC.Cl.Cl. The second-order valence-electron chi connectivity index (χ2n) is 5.11. The molecule has 4 nitrogen and oxygen atoms in total. The standard InChI is InChI=1S/C14H31N3O.2ClH/c1-6-16(7-2)10-11-17(12-13(3)4)14(18)8-9-15-5;;/h13,15H,6-12H2,1-5H3;2*1H. The van der Waals surface area contributed by atoms with Gasteiger partial charge in [0, 0.05) is 32.6 Å². The molecule has 0 aromatic heterocycles. The summed E-state index contributed by atoms with van der Waals surface area (Å²) in [4.78, 5) is 16.5. The summed E-state index contributed by atoms with van der Waals surface area (Å²) < 4.78 is 0. The minimum atomic E-state index is 0. The molecule has 6 heteroatoms. The van der Waals surface area contributed by atoms with Crippen molar-refractivity contribution in [3.8, 4) is 0 Å². The number of hydrogen-bond acceptors (Lipinski definition) is 3. The minimum Gasteiger partial charge on any atom is -0.341 e. The van der Waals surface area contributed by atoms with E-state index in [0.29, 0.717) is 12.3 Å². The summed E-state index contributed by atoms with van der Waals surface area (Å²) in [5.74, 6) is 0.797. The molecule has 0 rings (SSSR count). The molecule has 1 N–H and O–H groups in total. The molecule has 0 aliphatic heterocycles. The van der Waals surface area contributed by atoms with Crippen LogP contribution in [-0.4, -0.2) is 62.0 Å². The summed E-state index contributed by atoms with van der Waals surface area (Å²) >= 11 is 0. The smallest absolute Gasteiger partial charge is 0.223 e. The highest BCUT2D eigenvalue weighted by Crippen LogP contribution is 2.02. The van der Waals surface area contributed by atoms with Crippen molar-refractivity contribution >= 4 is 30.7 Å². The molecule has 0 fully saturated rings. The van der Waals surface area contributed by atoms with Gasteiger partial charge in [0.25, 0.3) is 0 Å². The molecule has 0 saturated heterocycles. The van der Waals surface area contributed by atoms with Crippen LogP contribution in [0.5, 0.6) is 0 Å². The van der Waals surface area contributed by atoms with E-state index >= 15 is 0 Å². The summed E-state index contributed by atoms with van der Waals surface area (Å²) in [6.45, 7) is 14.2. The van der Waals surface area contributed by atoms with E-state index in [9.17, 15) is 4.79 Å². The third kappa shape index (κ3) is 11.8. The lowest BCUT2D eigenvalue weighted by atomic mass is 10.2. The van der Waals surface area contributed by atoms with Gasteiger partial charge in [-0.05, 0) is 26.1 Å². The average molecular weight is 330 g/mol. The molecule has 0 aromatic carbocycles. The van der Waals surface area contributed by atoms with Crippen LogP contribution in [0.4, 0.5) is 0 Å². The lowest BCUT2D eigenvalue weighted by molar-refractivity contribution is -0.131. The molecular formula is C14H33Cl2N3O. The van der Waals surface area contributed by atoms with Crippen LogP contribution < -0.4 is 5.32 Å². The van der Waals surface area contributed by atoms with Crippen LogP contribution in [0, 0.1) is 5.92 Å². The van der Waals surface area contributed by atoms with Gasteiger partial charge in [-0.3, -0.25) is 4.79 Å². The lowest BCUT2D eigenvalue weighted by Crippen LogP contribution is -2.41. The van der Waals surface area contributed by atoms with E-state index in [1.807, 2.05) is 11.9 Å². The quantitative estimate of drug-likeness (QED) is 0.667. The first kappa shape index (κ1) is 25.0. The Morgan fingerprint density at radius 1 is 1.10 bits per heavy atom. The van der Waals surface area contributed by atoms with Gasteiger partial charge in [0.05, 0.1) is 0 Å². The normalized spacial score (nSPS) is 10.2. The van der Waals surface area contributed by atoms with Crippen molar-refractivity contribution in [1.29, 1.82) is 0 Å². The molecular weight excluding hydrogens is 297 g/mol. The number of carbonyl (C=O) groups is 1. The van der Waals surface area contributed by atoms with E-state index in [1.54, 1.807) is 0 Å². The van der Waals surface area contributed by atoms with Crippen LogP contribution in [0.2, 0.25) is 0 Å². The van der Waals surface area contributed by atoms with Gasteiger partial charge >= 0.3 is 0 Å². The predicted octanol–water partition coefficient (Wildman–Crippen LogP) is 2.27. The predicted molar refractivity (Wildman–Crippen MR) is 92.2 cm³/mol. The summed E-state index contributed by atoms with van der Waals surface area (Å²) in [6, 6.07) is 0. The van der Waals surface area contributed by atoms with Gasteiger partial charge in [0.15, 0.2) is 0 Å². The molecule has 0 bridgehead atoms. The topological polar surface area (TPSA) is 35.6 Å². The largest absolute Gasteiger partial charge is 0.341 e.